The summed E-state index contributed by atoms with van der Waals surface area (Å²) in [5, 5.41) is 15.4. The third kappa shape index (κ3) is 4.57. The lowest BCUT2D eigenvalue weighted by Gasteiger charge is -2.47. The minimum atomic E-state index is -0.562. The van der Waals surface area contributed by atoms with Gasteiger partial charge in [-0.15, -0.1) is 0 Å². The molecule has 4 fully saturated rings. The van der Waals surface area contributed by atoms with Gasteiger partial charge < -0.3 is 29.7 Å². The molecule has 7 nitrogen and oxygen atoms in total. The van der Waals surface area contributed by atoms with Crippen molar-refractivity contribution in [2.75, 3.05) is 28.3 Å². The van der Waals surface area contributed by atoms with Crippen LogP contribution in [-0.2, 0) is 16.0 Å². The fourth-order valence-electron chi connectivity index (χ4n) is 6.65. The lowest BCUT2D eigenvalue weighted by atomic mass is 9.85. The van der Waals surface area contributed by atoms with Crippen LogP contribution in [0, 0.1) is 12.8 Å². The number of fused-ring (bicyclic) bond motifs is 5. The summed E-state index contributed by atoms with van der Waals surface area (Å²) in [6.45, 7) is 8.79. The second-order valence-electron chi connectivity index (χ2n) is 11.4. The molecule has 1 aliphatic carbocycles. The van der Waals surface area contributed by atoms with Gasteiger partial charge in [-0.3, -0.25) is 0 Å². The zero-order chi connectivity index (χ0) is 24.8. The van der Waals surface area contributed by atoms with Gasteiger partial charge in [-0.2, -0.15) is 0 Å². The van der Waals surface area contributed by atoms with E-state index in [1.165, 1.54) is 17.7 Å². The number of ether oxygens (including phenoxy) is 2. The van der Waals surface area contributed by atoms with Gasteiger partial charge in [0, 0.05) is 36.5 Å². The number of aliphatic hydroxyl groups is 1. The largest absolute Gasteiger partial charge is 0.376 e. The molecular weight excluding hydrogens is 452 g/mol. The first-order valence-corrected chi connectivity index (χ1v) is 13.8. The Hall–Kier alpha value is -2.35. The van der Waals surface area contributed by atoms with Crippen LogP contribution in [0.1, 0.15) is 63.5 Å². The average Bonchev–Trinajstić information content (AvgIpc) is 3.05. The summed E-state index contributed by atoms with van der Waals surface area (Å²) in [4.78, 5) is 9.39. The van der Waals surface area contributed by atoms with Gasteiger partial charge in [0.1, 0.15) is 12.0 Å². The van der Waals surface area contributed by atoms with Crippen molar-refractivity contribution in [3.05, 3.63) is 41.6 Å². The summed E-state index contributed by atoms with van der Waals surface area (Å²) >= 11 is 0. The van der Waals surface area contributed by atoms with E-state index >= 15 is 0 Å². The number of hydrogen-bond donors (Lipinski definition) is 2. The molecule has 2 N–H and O–H groups in total. The molecule has 36 heavy (non-hydrogen) atoms. The van der Waals surface area contributed by atoms with E-state index in [1.807, 2.05) is 12.3 Å². The fourth-order valence-corrected chi connectivity index (χ4v) is 6.65. The molecule has 0 spiro atoms. The lowest BCUT2D eigenvalue weighted by Crippen LogP contribution is -2.54. The molecule has 194 valence electrons. The van der Waals surface area contributed by atoms with Crippen molar-refractivity contribution in [2.24, 2.45) is 5.92 Å². The van der Waals surface area contributed by atoms with Crippen molar-refractivity contribution in [3.8, 4) is 0 Å². The van der Waals surface area contributed by atoms with Crippen LogP contribution in [0.15, 0.2) is 30.5 Å². The van der Waals surface area contributed by atoms with Crippen LogP contribution in [0.3, 0.4) is 0 Å². The first-order chi connectivity index (χ1) is 17.5. The second-order valence-corrected chi connectivity index (χ2v) is 11.4. The van der Waals surface area contributed by atoms with Gasteiger partial charge in [0.25, 0.3) is 0 Å². The van der Waals surface area contributed by atoms with Crippen molar-refractivity contribution in [1.82, 2.24) is 4.98 Å². The number of pyridine rings is 1. The SMILES string of the molecule is Cc1cc2c(cc1N1C[C@@H]3CC[C@H]1CO3)N(C(O)[C@H]1CC[C@H](OC(C)C)CC1)Cc1cccnc1N2. The van der Waals surface area contributed by atoms with Crippen LogP contribution in [0.2, 0.25) is 0 Å². The van der Waals surface area contributed by atoms with Gasteiger partial charge in [0.2, 0.25) is 0 Å². The molecule has 0 radical (unpaired) electrons. The molecule has 0 amide bonds. The van der Waals surface area contributed by atoms with Crippen LogP contribution in [0.5, 0.6) is 0 Å². The predicted octanol–water partition coefficient (Wildman–Crippen LogP) is 5.12. The maximum Gasteiger partial charge on any atom is 0.135 e. The highest BCUT2D eigenvalue weighted by molar-refractivity contribution is 5.83. The first-order valence-electron chi connectivity index (χ1n) is 13.8. The summed E-state index contributed by atoms with van der Waals surface area (Å²) in [5.74, 6) is 1.09. The zero-order valence-electron chi connectivity index (χ0n) is 21.8. The molecule has 1 saturated carbocycles. The van der Waals surface area contributed by atoms with Crippen LogP contribution in [0.4, 0.5) is 22.9 Å². The standard InChI is InChI=1S/C29H40N4O3/c1-18(2)36-23-9-6-20(7-10-23)29(34)33-15-21-5-4-12-30-28(21)31-25-13-19(3)26(14-27(25)33)32-16-24-11-8-22(32)17-35-24/h4-5,12-14,18,20,22-24,29,34H,6-11,15-17H2,1-3H3,(H,30,31)/t20-,22-,23-,24-,29?/m0/s1. The Labute approximate surface area is 214 Å². The minimum Gasteiger partial charge on any atom is -0.376 e. The van der Waals surface area contributed by atoms with Gasteiger partial charge in [-0.1, -0.05) is 6.07 Å². The Morgan fingerprint density at radius 3 is 2.64 bits per heavy atom. The third-order valence-electron chi connectivity index (χ3n) is 8.53. The molecular formula is C29H40N4O3. The molecule has 1 unspecified atom stereocenters. The number of aromatic nitrogens is 1. The summed E-state index contributed by atoms with van der Waals surface area (Å²) < 4.78 is 12.1. The quantitative estimate of drug-likeness (QED) is 0.600. The molecule has 7 heteroatoms. The lowest BCUT2D eigenvalue weighted by molar-refractivity contribution is -0.0340. The number of hydrogen-bond acceptors (Lipinski definition) is 7. The molecule has 5 aliphatic rings. The van der Waals surface area contributed by atoms with Crippen molar-refractivity contribution in [2.45, 2.75) is 96.4 Å². The van der Waals surface area contributed by atoms with Crippen molar-refractivity contribution < 1.29 is 14.6 Å². The number of anilines is 4. The van der Waals surface area contributed by atoms with Gasteiger partial charge in [0.05, 0.1) is 42.3 Å². The molecule has 1 aromatic carbocycles. The van der Waals surface area contributed by atoms with Gasteiger partial charge >= 0.3 is 0 Å². The maximum atomic E-state index is 11.8. The van der Waals surface area contributed by atoms with E-state index in [0.717, 1.165) is 68.0 Å². The zero-order valence-corrected chi connectivity index (χ0v) is 21.8. The number of nitrogens with zero attached hydrogens (tertiary/aromatic N) is 3. The Kier molecular flexibility index (Phi) is 6.56. The first kappa shape index (κ1) is 24.0. The number of morpholine rings is 1. The molecule has 2 bridgehead atoms. The second kappa shape index (κ2) is 9.84. The van der Waals surface area contributed by atoms with Crippen molar-refractivity contribution >= 4 is 22.9 Å². The van der Waals surface area contributed by atoms with Crippen LogP contribution < -0.4 is 15.1 Å². The van der Waals surface area contributed by atoms with E-state index in [0.29, 0.717) is 24.8 Å². The number of aliphatic hydroxyl groups excluding tert-OH is 1. The molecule has 4 aliphatic heterocycles. The number of rotatable bonds is 5. The van der Waals surface area contributed by atoms with Crippen molar-refractivity contribution in [1.29, 1.82) is 0 Å². The highest BCUT2D eigenvalue weighted by Gasteiger charge is 2.37. The molecule has 2 aromatic rings. The van der Waals surface area contributed by atoms with Crippen molar-refractivity contribution in [3.63, 3.8) is 0 Å². The topological polar surface area (TPSA) is 70.1 Å². The van der Waals surface area contributed by atoms with E-state index in [2.05, 4.69) is 59.1 Å². The fraction of sp³-hybridized carbons (Fsp3) is 0.621. The summed E-state index contributed by atoms with van der Waals surface area (Å²) in [6, 6.07) is 9.07. The highest BCUT2D eigenvalue weighted by atomic mass is 16.5. The highest BCUT2D eigenvalue weighted by Crippen LogP contribution is 2.44. The van der Waals surface area contributed by atoms with Gasteiger partial charge in [0.15, 0.2) is 0 Å². The third-order valence-corrected chi connectivity index (χ3v) is 8.53. The Bertz CT molecular complexity index is 1080. The number of aryl methyl sites for hydroxylation is 1. The smallest absolute Gasteiger partial charge is 0.135 e. The molecule has 5 heterocycles. The summed E-state index contributed by atoms with van der Waals surface area (Å²) in [5.41, 5.74) is 5.69. The van der Waals surface area contributed by atoms with Crippen LogP contribution >= 0.6 is 0 Å². The molecule has 3 saturated heterocycles. The average molecular weight is 493 g/mol. The number of nitrogens with one attached hydrogen (secondary N) is 1. The molecule has 7 rings (SSSR count). The van der Waals surface area contributed by atoms with E-state index in [9.17, 15) is 5.11 Å². The monoisotopic (exact) mass is 492 g/mol. The van der Waals surface area contributed by atoms with E-state index in [4.69, 9.17) is 9.47 Å². The Morgan fingerprint density at radius 2 is 1.94 bits per heavy atom. The Morgan fingerprint density at radius 1 is 1.11 bits per heavy atom. The van der Waals surface area contributed by atoms with E-state index < -0.39 is 6.23 Å². The summed E-state index contributed by atoms with van der Waals surface area (Å²) in [6.07, 6.45) is 8.46. The number of benzene rings is 1. The predicted molar refractivity (Wildman–Crippen MR) is 143 cm³/mol. The Balaban J connectivity index is 1.33. The van der Waals surface area contributed by atoms with Crippen LogP contribution in [-0.4, -0.2) is 53.8 Å². The van der Waals surface area contributed by atoms with Crippen LogP contribution in [0.25, 0.3) is 0 Å². The minimum absolute atomic E-state index is 0.215. The maximum absolute atomic E-state index is 11.8. The number of piperidine rings is 1. The summed E-state index contributed by atoms with van der Waals surface area (Å²) in [7, 11) is 0. The van der Waals surface area contributed by atoms with E-state index in [-0.39, 0.29) is 12.0 Å². The normalized spacial score (nSPS) is 28.4. The van der Waals surface area contributed by atoms with E-state index in [1.54, 1.807) is 0 Å². The van der Waals surface area contributed by atoms with Gasteiger partial charge in [-0.25, -0.2) is 4.98 Å². The van der Waals surface area contributed by atoms with Gasteiger partial charge in [-0.05, 0) is 83.1 Å². The molecule has 3 atom stereocenters. The molecule has 1 aromatic heterocycles.